The molecule has 13 heteroatoms. The summed E-state index contributed by atoms with van der Waals surface area (Å²) in [5.41, 5.74) is 0. The highest BCUT2D eigenvalue weighted by Crippen LogP contribution is 2.01. The summed E-state index contributed by atoms with van der Waals surface area (Å²) in [4.78, 5) is 3.99. The van der Waals surface area contributed by atoms with Crippen molar-refractivity contribution >= 4 is 117 Å². The molecule has 0 atom stereocenters. The van der Waals surface area contributed by atoms with E-state index in [-0.39, 0.29) is 0 Å². The van der Waals surface area contributed by atoms with E-state index in [9.17, 15) is 0 Å². The highest BCUT2D eigenvalue weighted by Gasteiger charge is 2.11. The van der Waals surface area contributed by atoms with E-state index in [1.807, 2.05) is 9.80 Å². The molecule has 0 saturated heterocycles. The molecule has 0 rings (SSSR count). The van der Waals surface area contributed by atoms with E-state index in [2.05, 4.69) is 66.5 Å². The van der Waals surface area contributed by atoms with Crippen LogP contribution < -0.4 is 16.0 Å². The second kappa shape index (κ2) is 15.9. The van der Waals surface area contributed by atoms with Gasteiger partial charge in [0.1, 0.15) is 17.3 Å². The van der Waals surface area contributed by atoms with Crippen LogP contribution >= 0.6 is 99.4 Å². The second-order valence-corrected chi connectivity index (χ2v) is 9.29. The molecule has 0 aromatic heterocycles. The monoisotopic (exact) mass is 493 g/mol. The third-order valence-corrected chi connectivity index (χ3v) is 4.66. The number of thiocarbonyl (C=S) groups is 4. The van der Waals surface area contributed by atoms with Gasteiger partial charge in [-0.1, -0.05) is 48.9 Å². The first-order chi connectivity index (χ1) is 11.7. The number of nitrogens with zero attached hydrogens (tertiary/aromatic N) is 2. The van der Waals surface area contributed by atoms with Crippen LogP contribution in [-0.2, 0) is 0 Å². The third-order valence-electron chi connectivity index (χ3n) is 2.98. The Labute approximate surface area is 193 Å². The highest BCUT2D eigenvalue weighted by molar-refractivity contribution is 8.11. The molecule has 5 nitrogen and oxygen atoms in total. The van der Waals surface area contributed by atoms with Crippen LogP contribution in [0, 0.1) is 0 Å². The summed E-state index contributed by atoms with van der Waals surface area (Å²) in [5, 5.41) is 9.25. The maximum atomic E-state index is 5.20. The van der Waals surface area contributed by atoms with Gasteiger partial charge in [-0.25, -0.2) is 0 Å². The van der Waals surface area contributed by atoms with Crippen molar-refractivity contribution in [2.75, 3.05) is 52.4 Å². The van der Waals surface area contributed by atoms with E-state index >= 15 is 0 Å². The summed E-state index contributed by atoms with van der Waals surface area (Å²) in [7, 11) is 0. The first kappa shape index (κ1) is 25.9. The number of nitrogens with one attached hydrogen (secondary N) is 3. The predicted molar refractivity (Wildman–Crippen MR) is 138 cm³/mol. The van der Waals surface area contributed by atoms with E-state index in [0.29, 0.717) is 43.5 Å². The van der Waals surface area contributed by atoms with Crippen molar-refractivity contribution in [1.82, 2.24) is 25.8 Å². The average molecular weight is 494 g/mol. The van der Waals surface area contributed by atoms with Crippen molar-refractivity contribution < 1.29 is 0 Å². The Kier molecular flexibility index (Phi) is 16.5. The number of rotatable bonds is 12. The summed E-state index contributed by atoms with van der Waals surface area (Å²) in [6.07, 6.45) is 0. The van der Waals surface area contributed by atoms with Gasteiger partial charge in [0.25, 0.3) is 0 Å². The molecular formula is C12H23N5S8. The van der Waals surface area contributed by atoms with Crippen LogP contribution in [0.5, 0.6) is 0 Å². The molecule has 0 aliphatic rings. The van der Waals surface area contributed by atoms with Gasteiger partial charge >= 0.3 is 0 Å². The molecule has 0 fully saturated rings. The molecule has 0 aliphatic heterocycles. The van der Waals surface area contributed by atoms with Gasteiger partial charge in [0.15, 0.2) is 0 Å². The topological polar surface area (TPSA) is 42.6 Å². The zero-order chi connectivity index (χ0) is 19.2. The number of hydrogen-bond acceptors (Lipinski definition) is 5. The van der Waals surface area contributed by atoms with Gasteiger partial charge in [-0.15, -0.1) is 50.5 Å². The van der Waals surface area contributed by atoms with E-state index in [1.54, 1.807) is 0 Å². The van der Waals surface area contributed by atoms with Crippen molar-refractivity contribution in [2.45, 2.75) is 0 Å². The second-order valence-electron chi connectivity index (χ2n) is 4.75. The van der Waals surface area contributed by atoms with E-state index in [1.165, 1.54) is 0 Å². The fraction of sp³-hybridized carbons (Fsp3) is 0.667. The van der Waals surface area contributed by atoms with E-state index < -0.39 is 0 Å². The minimum atomic E-state index is 0.461. The molecule has 0 bridgehead atoms. The van der Waals surface area contributed by atoms with Gasteiger partial charge in [0.2, 0.25) is 0 Å². The molecule has 0 heterocycles. The molecule has 25 heavy (non-hydrogen) atoms. The maximum absolute atomic E-state index is 5.20. The number of hydrogen-bond donors (Lipinski definition) is 7. The Morgan fingerprint density at radius 3 is 1.48 bits per heavy atom. The van der Waals surface area contributed by atoms with E-state index in [4.69, 9.17) is 48.9 Å². The van der Waals surface area contributed by atoms with Crippen molar-refractivity contribution in [2.24, 2.45) is 0 Å². The molecule has 0 aromatic rings. The Hall–Kier alpha value is 0.920. The van der Waals surface area contributed by atoms with Crippen LogP contribution in [0.15, 0.2) is 0 Å². The summed E-state index contributed by atoms with van der Waals surface area (Å²) >= 11 is 36.7. The Bertz CT molecular complexity index is 461. The third kappa shape index (κ3) is 15.7. The lowest BCUT2D eigenvalue weighted by Crippen LogP contribution is -2.43. The zero-order valence-corrected chi connectivity index (χ0v) is 20.3. The van der Waals surface area contributed by atoms with Gasteiger partial charge in [0.05, 0.1) is 0 Å². The predicted octanol–water partition coefficient (Wildman–Crippen LogP) is 1.22. The zero-order valence-electron chi connectivity index (χ0n) is 13.5. The first-order valence-corrected chi connectivity index (χ1v) is 10.8. The van der Waals surface area contributed by atoms with Crippen molar-refractivity contribution in [3.8, 4) is 0 Å². The minimum absolute atomic E-state index is 0.461. The van der Waals surface area contributed by atoms with Crippen LogP contribution in [0.4, 0.5) is 0 Å². The summed E-state index contributed by atoms with van der Waals surface area (Å²) in [6.45, 7) is 5.78. The fourth-order valence-corrected chi connectivity index (χ4v) is 2.94. The number of thiol groups is 4. The molecule has 0 spiro atoms. The smallest absolute Gasteiger partial charge is 0.133 e. The standard InChI is InChI=1S/C12H23N5S8/c18-9(19)14-2-1-13-3-5-16(11(22)23)7-8-17(12(24)25)6-4-15-10(20)21/h13H,1-8H2,(H,22,23)(H,24,25)(H2,14,18,19)(H2,15,20,21). The summed E-state index contributed by atoms with van der Waals surface area (Å²) < 4.78 is 2.04. The minimum Gasteiger partial charge on any atom is -0.370 e. The van der Waals surface area contributed by atoms with E-state index in [0.717, 1.165) is 26.2 Å². The Morgan fingerprint density at radius 1 is 0.600 bits per heavy atom. The molecule has 0 aliphatic carbocycles. The Morgan fingerprint density at radius 2 is 1.04 bits per heavy atom. The SMILES string of the molecule is S=C(S)NCCNCCN(CCN(CCNC(=S)S)C(=S)S)C(=S)S. The van der Waals surface area contributed by atoms with Gasteiger partial charge in [0, 0.05) is 52.4 Å². The lowest BCUT2D eigenvalue weighted by Gasteiger charge is -2.28. The van der Waals surface area contributed by atoms with Gasteiger partial charge in [-0.3, -0.25) is 0 Å². The van der Waals surface area contributed by atoms with Crippen LogP contribution in [0.25, 0.3) is 0 Å². The largest absolute Gasteiger partial charge is 0.370 e. The quantitative estimate of drug-likeness (QED) is 0.124. The molecule has 3 N–H and O–H groups in total. The van der Waals surface area contributed by atoms with Gasteiger partial charge in [-0.05, 0) is 0 Å². The molecule has 0 aromatic carbocycles. The average Bonchev–Trinajstić information content (AvgIpc) is 2.50. The van der Waals surface area contributed by atoms with Crippen molar-refractivity contribution in [3.05, 3.63) is 0 Å². The summed E-state index contributed by atoms with van der Waals surface area (Å²) in [5.74, 6) is 0. The molecular weight excluding hydrogens is 471 g/mol. The molecule has 144 valence electrons. The fourth-order valence-electron chi connectivity index (χ4n) is 1.74. The van der Waals surface area contributed by atoms with Crippen molar-refractivity contribution in [3.63, 3.8) is 0 Å². The Balaban J connectivity index is 4.17. The highest BCUT2D eigenvalue weighted by atomic mass is 32.1. The summed E-state index contributed by atoms with van der Waals surface area (Å²) in [6, 6.07) is 0. The lowest BCUT2D eigenvalue weighted by molar-refractivity contribution is 0.351. The molecule has 0 unspecified atom stereocenters. The normalized spacial score (nSPS) is 10.1. The van der Waals surface area contributed by atoms with Crippen molar-refractivity contribution in [1.29, 1.82) is 0 Å². The van der Waals surface area contributed by atoms with Crippen LogP contribution in [0.3, 0.4) is 0 Å². The maximum Gasteiger partial charge on any atom is 0.133 e. The van der Waals surface area contributed by atoms with Crippen LogP contribution in [-0.4, -0.2) is 79.4 Å². The van der Waals surface area contributed by atoms with Crippen LogP contribution in [0.1, 0.15) is 0 Å². The molecule has 0 saturated carbocycles. The lowest BCUT2D eigenvalue weighted by atomic mass is 10.4. The molecule has 0 radical (unpaired) electrons. The van der Waals surface area contributed by atoms with Crippen LogP contribution in [0.2, 0.25) is 0 Å². The first-order valence-electron chi connectivity index (χ1n) is 7.34. The van der Waals surface area contributed by atoms with Gasteiger partial charge in [-0.2, -0.15) is 0 Å². The molecule has 0 amide bonds. The van der Waals surface area contributed by atoms with Gasteiger partial charge < -0.3 is 25.8 Å².